The Morgan fingerprint density at radius 2 is 2.14 bits per heavy atom. The van der Waals surface area contributed by atoms with Crippen molar-refractivity contribution >= 4 is 27.7 Å². The third-order valence-corrected chi connectivity index (χ3v) is 5.13. The fourth-order valence-corrected chi connectivity index (χ4v) is 3.12. The molecule has 2 unspecified atom stereocenters. The van der Waals surface area contributed by atoms with Crippen molar-refractivity contribution in [2.45, 2.75) is 39.8 Å². The molecule has 1 N–H and O–H groups in total. The van der Waals surface area contributed by atoms with Gasteiger partial charge in [0.05, 0.1) is 29.0 Å². The molecule has 6 nitrogen and oxygen atoms in total. The Labute approximate surface area is 133 Å². The first-order valence-electron chi connectivity index (χ1n) is 7.12. The molecule has 0 aliphatic carbocycles. The van der Waals surface area contributed by atoms with Gasteiger partial charge in [-0.2, -0.15) is 5.10 Å². The van der Waals surface area contributed by atoms with E-state index in [1.807, 2.05) is 27.8 Å². The van der Waals surface area contributed by atoms with Gasteiger partial charge in [-0.05, 0) is 28.8 Å². The lowest BCUT2D eigenvalue weighted by Gasteiger charge is -2.38. The topological polar surface area (TPSA) is 67.2 Å². The zero-order valence-corrected chi connectivity index (χ0v) is 14.4. The molecule has 0 spiro atoms. The zero-order valence-electron chi connectivity index (χ0n) is 12.8. The van der Waals surface area contributed by atoms with Crippen molar-refractivity contribution in [2.75, 3.05) is 6.54 Å². The first-order valence-corrected chi connectivity index (χ1v) is 7.91. The minimum atomic E-state index is -0.418. The van der Waals surface area contributed by atoms with Crippen LogP contribution >= 0.6 is 15.9 Å². The van der Waals surface area contributed by atoms with Gasteiger partial charge < -0.3 is 10.2 Å². The molecule has 1 aromatic rings. The second kappa shape index (κ2) is 6.17. The fraction of sp³-hybridized carbons (Fsp3) is 0.643. The van der Waals surface area contributed by atoms with Crippen molar-refractivity contribution in [3.63, 3.8) is 0 Å². The summed E-state index contributed by atoms with van der Waals surface area (Å²) in [7, 11) is 1.85. The van der Waals surface area contributed by atoms with Crippen molar-refractivity contribution in [3.8, 4) is 0 Å². The number of halogens is 1. The number of aromatic nitrogens is 2. The Hall–Kier alpha value is -1.37. The Morgan fingerprint density at radius 3 is 2.67 bits per heavy atom. The van der Waals surface area contributed by atoms with Crippen LogP contribution in [0.15, 0.2) is 4.47 Å². The molecule has 2 rings (SSSR count). The number of nitrogens with zero attached hydrogens (tertiary/aromatic N) is 3. The number of aryl methyl sites for hydroxylation is 2. The van der Waals surface area contributed by atoms with Gasteiger partial charge in [-0.15, -0.1) is 0 Å². The van der Waals surface area contributed by atoms with Crippen LogP contribution in [0.5, 0.6) is 0 Å². The maximum absolute atomic E-state index is 12.3. The quantitative estimate of drug-likeness (QED) is 0.885. The van der Waals surface area contributed by atoms with E-state index in [-0.39, 0.29) is 24.3 Å². The van der Waals surface area contributed by atoms with Crippen molar-refractivity contribution in [1.29, 1.82) is 0 Å². The summed E-state index contributed by atoms with van der Waals surface area (Å²) < 4.78 is 2.65. The second-order valence-corrected chi connectivity index (χ2v) is 6.33. The summed E-state index contributed by atoms with van der Waals surface area (Å²) in [4.78, 5) is 26.1. The van der Waals surface area contributed by atoms with Crippen molar-refractivity contribution in [1.82, 2.24) is 20.0 Å². The third-order valence-electron chi connectivity index (χ3n) is 4.10. The van der Waals surface area contributed by atoms with E-state index in [9.17, 15) is 9.59 Å². The number of nitrogens with one attached hydrogen (secondary N) is 1. The van der Waals surface area contributed by atoms with Gasteiger partial charge in [0.2, 0.25) is 11.8 Å². The highest BCUT2D eigenvalue weighted by molar-refractivity contribution is 9.10. The number of hydrogen-bond acceptors (Lipinski definition) is 3. The third kappa shape index (κ3) is 2.97. The maximum atomic E-state index is 12.3. The Bertz CT molecular complexity index is 570. The Balaban J connectivity index is 2.33. The van der Waals surface area contributed by atoms with Crippen LogP contribution in [-0.2, 0) is 23.2 Å². The van der Waals surface area contributed by atoms with Gasteiger partial charge >= 0.3 is 0 Å². The smallest absolute Gasteiger partial charge is 0.243 e. The molecule has 1 aliphatic heterocycles. The van der Waals surface area contributed by atoms with Gasteiger partial charge in [0.25, 0.3) is 0 Å². The molecule has 2 amide bonds. The van der Waals surface area contributed by atoms with Gasteiger partial charge in [-0.25, -0.2) is 0 Å². The van der Waals surface area contributed by atoms with Gasteiger partial charge in [-0.3, -0.25) is 14.3 Å². The van der Waals surface area contributed by atoms with Crippen LogP contribution in [0.1, 0.15) is 31.7 Å². The molecular weight excluding hydrogens is 336 g/mol. The van der Waals surface area contributed by atoms with Crippen LogP contribution in [0.25, 0.3) is 0 Å². The summed E-state index contributed by atoms with van der Waals surface area (Å²) in [5, 5.41) is 7.02. The van der Waals surface area contributed by atoms with E-state index in [0.29, 0.717) is 6.54 Å². The number of carbonyl (C=O) groups is 2. The zero-order chi connectivity index (χ0) is 15.7. The molecule has 0 bridgehead atoms. The summed E-state index contributed by atoms with van der Waals surface area (Å²) >= 11 is 3.52. The lowest BCUT2D eigenvalue weighted by atomic mass is 9.95. The molecule has 2 heterocycles. The molecule has 1 fully saturated rings. The van der Waals surface area contributed by atoms with Crippen LogP contribution in [0.2, 0.25) is 0 Å². The molecule has 116 valence electrons. The molecule has 0 aromatic carbocycles. The molecule has 21 heavy (non-hydrogen) atoms. The molecule has 7 heteroatoms. The minimum absolute atomic E-state index is 0.0503. The van der Waals surface area contributed by atoms with Gasteiger partial charge in [-0.1, -0.05) is 20.3 Å². The predicted molar refractivity (Wildman–Crippen MR) is 82.4 cm³/mol. The monoisotopic (exact) mass is 356 g/mol. The van der Waals surface area contributed by atoms with Crippen LogP contribution in [0.4, 0.5) is 0 Å². The number of carbonyl (C=O) groups excluding carboxylic acids is 2. The van der Waals surface area contributed by atoms with Gasteiger partial charge in [0.15, 0.2) is 0 Å². The summed E-state index contributed by atoms with van der Waals surface area (Å²) in [6.07, 6.45) is 0.841. The average molecular weight is 357 g/mol. The van der Waals surface area contributed by atoms with E-state index in [0.717, 1.165) is 22.3 Å². The highest BCUT2D eigenvalue weighted by Gasteiger charge is 2.38. The van der Waals surface area contributed by atoms with E-state index in [1.165, 1.54) is 0 Å². The average Bonchev–Trinajstić information content (AvgIpc) is 2.68. The number of amides is 2. The maximum Gasteiger partial charge on any atom is 0.243 e. The van der Waals surface area contributed by atoms with Gasteiger partial charge in [0, 0.05) is 7.05 Å². The molecule has 1 aromatic heterocycles. The number of piperazine rings is 1. The van der Waals surface area contributed by atoms with Crippen LogP contribution in [-0.4, -0.2) is 39.1 Å². The van der Waals surface area contributed by atoms with Gasteiger partial charge in [0.1, 0.15) is 6.04 Å². The predicted octanol–water partition coefficient (Wildman–Crippen LogP) is 1.36. The minimum Gasteiger partial charge on any atom is -0.345 e. The van der Waals surface area contributed by atoms with E-state index in [1.54, 1.807) is 9.58 Å². The largest absolute Gasteiger partial charge is 0.345 e. The summed E-state index contributed by atoms with van der Waals surface area (Å²) in [5.41, 5.74) is 1.78. The second-order valence-electron chi connectivity index (χ2n) is 5.54. The van der Waals surface area contributed by atoms with Crippen LogP contribution in [0, 0.1) is 12.8 Å². The van der Waals surface area contributed by atoms with Crippen molar-refractivity contribution in [3.05, 3.63) is 15.9 Å². The van der Waals surface area contributed by atoms with E-state index in [2.05, 4.69) is 26.3 Å². The number of hydrogen-bond donors (Lipinski definition) is 1. The normalized spacial score (nSPS) is 20.6. The molecule has 1 aliphatic rings. The standard InChI is InChI=1S/C14H21BrN4O2/c1-5-8(2)13-14(21)16-6-11(20)19(13)7-10-12(15)9(3)17-18(10)4/h8,13H,5-7H2,1-4H3,(H,16,21). The summed E-state index contributed by atoms with van der Waals surface area (Å²) in [6, 6.07) is -0.418. The fourth-order valence-electron chi connectivity index (χ4n) is 2.65. The lowest BCUT2D eigenvalue weighted by molar-refractivity contribution is -0.148. The molecule has 0 radical (unpaired) electrons. The van der Waals surface area contributed by atoms with Crippen LogP contribution < -0.4 is 5.32 Å². The lowest BCUT2D eigenvalue weighted by Crippen LogP contribution is -2.60. The highest BCUT2D eigenvalue weighted by Crippen LogP contribution is 2.25. The SMILES string of the molecule is CCC(C)C1C(=O)NCC(=O)N1Cc1c(Br)c(C)nn1C. The first-order chi connectivity index (χ1) is 9.86. The van der Waals surface area contributed by atoms with Crippen LogP contribution in [0.3, 0.4) is 0 Å². The first kappa shape index (κ1) is 16.0. The van der Waals surface area contributed by atoms with E-state index in [4.69, 9.17) is 0 Å². The highest BCUT2D eigenvalue weighted by atomic mass is 79.9. The molecule has 1 saturated heterocycles. The van der Waals surface area contributed by atoms with E-state index >= 15 is 0 Å². The van der Waals surface area contributed by atoms with Crippen molar-refractivity contribution in [2.24, 2.45) is 13.0 Å². The Morgan fingerprint density at radius 1 is 1.48 bits per heavy atom. The summed E-state index contributed by atoms with van der Waals surface area (Å²) in [6.45, 7) is 6.39. The van der Waals surface area contributed by atoms with Crippen molar-refractivity contribution < 1.29 is 9.59 Å². The van der Waals surface area contributed by atoms with E-state index < -0.39 is 6.04 Å². The Kier molecular flexibility index (Phi) is 4.70. The summed E-state index contributed by atoms with van der Waals surface area (Å²) in [5.74, 6) is -0.00744. The molecular formula is C14H21BrN4O2. The molecule has 2 atom stereocenters. The molecule has 0 saturated carbocycles. The number of rotatable bonds is 4.